The molecule has 1 saturated heterocycles. The first-order chi connectivity index (χ1) is 8.91. The van der Waals surface area contributed by atoms with Crippen LogP contribution in [0.25, 0.3) is 0 Å². The first kappa shape index (κ1) is 15.8. The summed E-state index contributed by atoms with van der Waals surface area (Å²) in [4.78, 5) is 24.4. The van der Waals surface area contributed by atoms with Crippen LogP contribution in [0.5, 0.6) is 0 Å². The lowest BCUT2D eigenvalue weighted by molar-refractivity contribution is -0.141. The second kappa shape index (κ2) is 7.33. The number of carbonyl (C=O) groups excluding carboxylic acids is 1. The van der Waals surface area contributed by atoms with E-state index >= 15 is 0 Å². The molecular weight excluding hydrogens is 248 g/mol. The predicted molar refractivity (Wildman–Crippen MR) is 71.0 cm³/mol. The molecule has 2 N–H and O–H groups in total. The monoisotopic (exact) mass is 272 g/mol. The summed E-state index contributed by atoms with van der Waals surface area (Å²) in [6, 6.07) is -0.0141. The highest BCUT2D eigenvalue weighted by Gasteiger charge is 2.27. The third kappa shape index (κ3) is 5.06. The second-order valence-corrected chi connectivity index (χ2v) is 5.26. The molecule has 0 radical (unpaired) electrons. The van der Waals surface area contributed by atoms with Crippen molar-refractivity contribution in [2.24, 2.45) is 5.92 Å². The molecule has 6 heteroatoms. The van der Waals surface area contributed by atoms with E-state index in [0.29, 0.717) is 32.5 Å². The number of carboxylic acid groups (broad SMARTS) is 1. The maximum absolute atomic E-state index is 12.0. The number of morpholine rings is 1. The highest BCUT2D eigenvalue weighted by atomic mass is 16.5. The second-order valence-electron chi connectivity index (χ2n) is 5.26. The van der Waals surface area contributed by atoms with E-state index in [2.05, 4.69) is 5.32 Å². The van der Waals surface area contributed by atoms with Crippen LogP contribution >= 0.6 is 0 Å². The summed E-state index contributed by atoms with van der Waals surface area (Å²) in [5, 5.41) is 11.6. The molecule has 2 amide bonds. The van der Waals surface area contributed by atoms with Crippen molar-refractivity contribution in [3.63, 3.8) is 0 Å². The summed E-state index contributed by atoms with van der Waals surface area (Å²) in [7, 11) is 0. The number of ether oxygens (including phenoxy) is 1. The van der Waals surface area contributed by atoms with Crippen LogP contribution in [0.4, 0.5) is 4.79 Å². The first-order valence-corrected chi connectivity index (χ1v) is 6.80. The van der Waals surface area contributed by atoms with Gasteiger partial charge >= 0.3 is 12.0 Å². The van der Waals surface area contributed by atoms with Crippen LogP contribution in [0.3, 0.4) is 0 Å². The van der Waals surface area contributed by atoms with Gasteiger partial charge in [0, 0.05) is 13.1 Å². The highest BCUT2D eigenvalue weighted by Crippen LogP contribution is 2.11. The number of hydrogen-bond donors (Lipinski definition) is 2. The Morgan fingerprint density at radius 3 is 2.79 bits per heavy atom. The summed E-state index contributed by atoms with van der Waals surface area (Å²) in [6.45, 7) is 7.24. The van der Waals surface area contributed by atoms with Crippen LogP contribution < -0.4 is 5.32 Å². The van der Waals surface area contributed by atoms with Crippen LogP contribution in [0.15, 0.2) is 0 Å². The van der Waals surface area contributed by atoms with Crippen LogP contribution in [-0.2, 0) is 9.53 Å². The molecule has 0 aromatic rings. The number of nitrogens with one attached hydrogen (secondary N) is 1. The third-order valence-corrected chi connectivity index (χ3v) is 3.38. The van der Waals surface area contributed by atoms with Gasteiger partial charge in [-0.3, -0.25) is 4.79 Å². The van der Waals surface area contributed by atoms with E-state index in [9.17, 15) is 9.59 Å². The molecule has 0 aromatic heterocycles. The number of amides is 2. The quantitative estimate of drug-likeness (QED) is 0.740. The first-order valence-electron chi connectivity index (χ1n) is 6.80. The molecule has 1 aliphatic rings. The van der Waals surface area contributed by atoms with E-state index in [4.69, 9.17) is 9.84 Å². The van der Waals surface area contributed by atoms with Gasteiger partial charge in [0.15, 0.2) is 0 Å². The number of carbonyl (C=O) groups is 2. The lowest BCUT2D eigenvalue weighted by Crippen LogP contribution is -2.53. The topological polar surface area (TPSA) is 78.9 Å². The average Bonchev–Trinajstić information content (AvgIpc) is 2.36. The van der Waals surface area contributed by atoms with Crippen molar-refractivity contribution in [2.75, 3.05) is 19.7 Å². The van der Waals surface area contributed by atoms with Gasteiger partial charge in [-0.05, 0) is 26.7 Å². The van der Waals surface area contributed by atoms with E-state index in [-0.39, 0.29) is 24.1 Å². The van der Waals surface area contributed by atoms with Gasteiger partial charge < -0.3 is 20.1 Å². The third-order valence-electron chi connectivity index (χ3n) is 3.38. The van der Waals surface area contributed by atoms with E-state index in [1.807, 2.05) is 13.8 Å². The van der Waals surface area contributed by atoms with Crippen LogP contribution in [0.1, 0.15) is 33.6 Å². The minimum absolute atomic E-state index is 0.0639. The molecule has 0 aliphatic carbocycles. The van der Waals surface area contributed by atoms with Gasteiger partial charge in [0.05, 0.1) is 24.7 Å². The number of rotatable bonds is 5. The van der Waals surface area contributed by atoms with Crippen molar-refractivity contribution in [3.8, 4) is 0 Å². The Labute approximate surface area is 114 Å². The van der Waals surface area contributed by atoms with Gasteiger partial charge in [-0.2, -0.15) is 0 Å². The number of urea groups is 1. The molecule has 1 rings (SSSR count). The number of aliphatic carboxylic acids is 1. The van der Waals surface area contributed by atoms with E-state index < -0.39 is 5.97 Å². The van der Waals surface area contributed by atoms with Crippen molar-refractivity contribution >= 4 is 12.0 Å². The van der Waals surface area contributed by atoms with Crippen molar-refractivity contribution in [1.29, 1.82) is 0 Å². The average molecular weight is 272 g/mol. The molecule has 1 aliphatic heterocycles. The summed E-state index contributed by atoms with van der Waals surface area (Å²) in [6.07, 6.45) is 1.31. The van der Waals surface area contributed by atoms with E-state index in [1.165, 1.54) is 0 Å². The van der Waals surface area contributed by atoms with Gasteiger partial charge in [-0.1, -0.05) is 6.92 Å². The maximum atomic E-state index is 12.0. The summed E-state index contributed by atoms with van der Waals surface area (Å²) in [5.74, 6) is -1.15. The Balaban J connectivity index is 2.25. The van der Waals surface area contributed by atoms with Gasteiger partial charge in [0.25, 0.3) is 0 Å². The molecule has 0 bridgehead atoms. The van der Waals surface area contributed by atoms with Gasteiger partial charge in [0.1, 0.15) is 0 Å². The molecule has 110 valence electrons. The van der Waals surface area contributed by atoms with Crippen LogP contribution in [0, 0.1) is 5.92 Å². The van der Waals surface area contributed by atoms with Crippen LogP contribution in [0.2, 0.25) is 0 Å². The zero-order valence-corrected chi connectivity index (χ0v) is 11.9. The normalized spacial score (nSPS) is 24.9. The molecule has 0 aromatic carbocycles. The van der Waals surface area contributed by atoms with Gasteiger partial charge in [-0.15, -0.1) is 0 Å². The fourth-order valence-electron chi connectivity index (χ4n) is 2.01. The predicted octanol–water partition coefficient (Wildman–Crippen LogP) is 1.31. The highest BCUT2D eigenvalue weighted by molar-refractivity contribution is 5.74. The molecule has 0 spiro atoms. The number of nitrogens with zero attached hydrogens (tertiary/aromatic N) is 1. The molecule has 1 heterocycles. The van der Waals surface area contributed by atoms with Crippen molar-refractivity contribution in [3.05, 3.63) is 0 Å². The van der Waals surface area contributed by atoms with Crippen molar-refractivity contribution in [1.82, 2.24) is 10.2 Å². The summed E-state index contributed by atoms with van der Waals surface area (Å²) >= 11 is 0. The minimum atomic E-state index is -0.790. The van der Waals surface area contributed by atoms with Gasteiger partial charge in [-0.25, -0.2) is 4.79 Å². The van der Waals surface area contributed by atoms with E-state index in [0.717, 1.165) is 0 Å². The SMILES string of the molecule is CC1CN(C(=O)NCCCC(C)C(=O)O)C(C)CO1. The molecule has 19 heavy (non-hydrogen) atoms. The zero-order valence-electron chi connectivity index (χ0n) is 11.9. The molecule has 3 unspecified atom stereocenters. The van der Waals surface area contributed by atoms with Crippen molar-refractivity contribution in [2.45, 2.75) is 45.8 Å². The van der Waals surface area contributed by atoms with E-state index in [1.54, 1.807) is 11.8 Å². The summed E-state index contributed by atoms with van der Waals surface area (Å²) < 4.78 is 5.47. The number of carboxylic acids is 1. The molecule has 3 atom stereocenters. The Bertz CT molecular complexity index is 322. The van der Waals surface area contributed by atoms with Crippen LogP contribution in [-0.4, -0.2) is 53.8 Å². The minimum Gasteiger partial charge on any atom is -0.481 e. The molecule has 0 saturated carbocycles. The summed E-state index contributed by atoms with van der Waals surface area (Å²) in [5.41, 5.74) is 0. The standard InChI is InChI=1S/C13H24N2O4/c1-9(12(16)17)5-4-6-14-13(18)15-7-11(3)19-8-10(15)2/h9-11H,4-8H2,1-3H3,(H,14,18)(H,16,17). The Hall–Kier alpha value is -1.30. The fraction of sp³-hybridized carbons (Fsp3) is 0.846. The molecule has 6 nitrogen and oxygen atoms in total. The van der Waals surface area contributed by atoms with Crippen molar-refractivity contribution < 1.29 is 19.4 Å². The lowest BCUT2D eigenvalue weighted by Gasteiger charge is -2.36. The van der Waals surface area contributed by atoms with Gasteiger partial charge in [0.2, 0.25) is 0 Å². The molecular formula is C13H24N2O4. The smallest absolute Gasteiger partial charge is 0.317 e. The lowest BCUT2D eigenvalue weighted by atomic mass is 10.1. The Morgan fingerprint density at radius 2 is 2.16 bits per heavy atom. The molecule has 1 fully saturated rings. The largest absolute Gasteiger partial charge is 0.481 e. The zero-order chi connectivity index (χ0) is 14.4. The maximum Gasteiger partial charge on any atom is 0.317 e. The number of hydrogen-bond acceptors (Lipinski definition) is 3. The Kier molecular flexibility index (Phi) is 6.08. The fourth-order valence-corrected chi connectivity index (χ4v) is 2.01. The Morgan fingerprint density at radius 1 is 1.47 bits per heavy atom.